The Labute approximate surface area is 162 Å². The second kappa shape index (κ2) is 6.63. The van der Waals surface area contributed by atoms with E-state index in [1.54, 1.807) is 35.6 Å². The number of aromatic nitrogens is 1. The van der Waals surface area contributed by atoms with Gasteiger partial charge in [0, 0.05) is 48.6 Å². The Morgan fingerprint density at radius 1 is 1.22 bits per heavy atom. The predicted octanol–water partition coefficient (Wildman–Crippen LogP) is 2.15. The molecule has 1 N–H and O–H groups in total. The summed E-state index contributed by atoms with van der Waals surface area (Å²) in [5.41, 5.74) is 2.38. The monoisotopic (exact) mass is 379 g/mol. The number of carbonyl (C=O) groups excluding carboxylic acids is 1. The summed E-state index contributed by atoms with van der Waals surface area (Å²) >= 11 is 1.76. The molecule has 5 rings (SSSR count). The number of anilines is 1. The van der Waals surface area contributed by atoms with Crippen molar-refractivity contribution in [1.82, 2.24) is 15.2 Å². The summed E-state index contributed by atoms with van der Waals surface area (Å²) in [4.78, 5) is 23.4. The maximum atomic E-state index is 12.8. The number of nitrogens with one attached hydrogen (secondary N) is 1. The molecule has 3 aliphatic heterocycles. The molecule has 0 saturated carbocycles. The van der Waals surface area contributed by atoms with E-state index in [4.69, 9.17) is 10.2 Å². The molecule has 1 amide bonds. The first-order chi connectivity index (χ1) is 13.2. The van der Waals surface area contributed by atoms with Crippen molar-refractivity contribution in [3.8, 4) is 6.07 Å². The summed E-state index contributed by atoms with van der Waals surface area (Å²) in [5.74, 6) is 0.0299. The number of thiazole rings is 1. The van der Waals surface area contributed by atoms with Crippen molar-refractivity contribution in [3.05, 3.63) is 46.0 Å². The van der Waals surface area contributed by atoms with Gasteiger partial charge in [-0.3, -0.25) is 4.79 Å². The fraction of sp³-hybridized carbons (Fsp3) is 0.450. The Balaban J connectivity index is 1.35. The van der Waals surface area contributed by atoms with E-state index in [0.717, 1.165) is 30.3 Å². The normalized spacial score (nSPS) is 23.8. The lowest BCUT2D eigenvalue weighted by atomic mass is 10.1. The molecular formula is C20H21N5OS. The predicted molar refractivity (Wildman–Crippen MR) is 104 cm³/mol. The molecule has 7 heteroatoms. The first kappa shape index (κ1) is 16.7. The van der Waals surface area contributed by atoms with E-state index >= 15 is 0 Å². The van der Waals surface area contributed by atoms with E-state index in [1.165, 1.54) is 17.7 Å². The standard InChI is InChI=1S/C20H21N5OS/c21-9-13-1-3-14(4-2-13)19(26)24-8-7-17-18(12-24)27-20(23-17)25-15-5-6-16(25)11-22-10-15/h1-4,15-16,22H,5-8,10-12H2. The van der Waals surface area contributed by atoms with Gasteiger partial charge < -0.3 is 15.1 Å². The van der Waals surface area contributed by atoms with Crippen LogP contribution in [0.15, 0.2) is 24.3 Å². The summed E-state index contributed by atoms with van der Waals surface area (Å²) < 4.78 is 0. The van der Waals surface area contributed by atoms with Crippen LogP contribution in [0.2, 0.25) is 0 Å². The Bertz CT molecular complexity index is 899. The van der Waals surface area contributed by atoms with Gasteiger partial charge >= 0.3 is 0 Å². The highest BCUT2D eigenvalue weighted by Gasteiger charge is 2.39. The number of amides is 1. The van der Waals surface area contributed by atoms with Crippen molar-refractivity contribution < 1.29 is 4.79 Å². The van der Waals surface area contributed by atoms with Gasteiger partial charge in [0.05, 0.1) is 23.9 Å². The van der Waals surface area contributed by atoms with Crippen LogP contribution in [0, 0.1) is 11.3 Å². The van der Waals surface area contributed by atoms with Gasteiger partial charge in [0.2, 0.25) is 0 Å². The van der Waals surface area contributed by atoms with Crippen LogP contribution in [0.25, 0.3) is 0 Å². The fourth-order valence-corrected chi connectivity index (χ4v) is 5.69. The smallest absolute Gasteiger partial charge is 0.254 e. The molecule has 0 radical (unpaired) electrons. The van der Waals surface area contributed by atoms with Crippen LogP contribution < -0.4 is 10.2 Å². The molecule has 2 bridgehead atoms. The number of rotatable bonds is 2. The minimum Gasteiger partial charge on any atom is -0.340 e. The number of fused-ring (bicyclic) bond motifs is 3. The number of benzene rings is 1. The molecule has 138 valence electrons. The Morgan fingerprint density at radius 3 is 2.67 bits per heavy atom. The van der Waals surface area contributed by atoms with E-state index < -0.39 is 0 Å². The van der Waals surface area contributed by atoms with Crippen LogP contribution in [0.1, 0.15) is 39.3 Å². The molecule has 1 aromatic carbocycles. The minimum absolute atomic E-state index is 0.0299. The number of hydrogen-bond donors (Lipinski definition) is 1. The van der Waals surface area contributed by atoms with Crippen molar-refractivity contribution in [1.29, 1.82) is 5.26 Å². The zero-order valence-corrected chi connectivity index (χ0v) is 15.8. The fourth-order valence-electron chi connectivity index (χ4n) is 4.43. The van der Waals surface area contributed by atoms with Crippen molar-refractivity contribution in [2.45, 2.75) is 37.9 Å². The summed E-state index contributed by atoms with van der Waals surface area (Å²) in [7, 11) is 0. The van der Waals surface area contributed by atoms with Crippen LogP contribution in [-0.4, -0.2) is 47.5 Å². The second-order valence-corrected chi connectivity index (χ2v) is 8.54. The third-order valence-corrected chi connectivity index (χ3v) is 6.96. The highest BCUT2D eigenvalue weighted by molar-refractivity contribution is 7.15. The average molecular weight is 379 g/mol. The summed E-state index contributed by atoms with van der Waals surface area (Å²) in [5, 5.41) is 13.6. The highest BCUT2D eigenvalue weighted by Crippen LogP contribution is 2.38. The van der Waals surface area contributed by atoms with Gasteiger partial charge in [-0.25, -0.2) is 4.98 Å². The number of nitriles is 1. The van der Waals surface area contributed by atoms with Gasteiger partial charge in [-0.05, 0) is 37.1 Å². The third kappa shape index (κ3) is 2.89. The number of piperazine rings is 1. The van der Waals surface area contributed by atoms with E-state index in [9.17, 15) is 4.79 Å². The van der Waals surface area contributed by atoms with Crippen LogP contribution in [0.4, 0.5) is 5.13 Å². The quantitative estimate of drug-likeness (QED) is 0.866. The van der Waals surface area contributed by atoms with Gasteiger partial charge in [-0.15, -0.1) is 0 Å². The zero-order chi connectivity index (χ0) is 18.4. The first-order valence-corrected chi connectivity index (χ1v) is 10.3. The number of nitrogens with zero attached hydrogens (tertiary/aromatic N) is 4. The molecule has 0 aliphatic carbocycles. The highest BCUT2D eigenvalue weighted by atomic mass is 32.1. The molecule has 2 fully saturated rings. The van der Waals surface area contributed by atoms with E-state index in [-0.39, 0.29) is 5.91 Å². The van der Waals surface area contributed by atoms with Crippen molar-refractivity contribution in [3.63, 3.8) is 0 Å². The largest absolute Gasteiger partial charge is 0.340 e. The van der Waals surface area contributed by atoms with Crippen LogP contribution in [0.5, 0.6) is 0 Å². The molecule has 2 saturated heterocycles. The average Bonchev–Trinajstić information content (AvgIpc) is 3.24. The lowest BCUT2D eigenvalue weighted by Gasteiger charge is -2.35. The maximum absolute atomic E-state index is 12.8. The van der Waals surface area contributed by atoms with Crippen LogP contribution in [-0.2, 0) is 13.0 Å². The van der Waals surface area contributed by atoms with Crippen molar-refractivity contribution in [2.24, 2.45) is 0 Å². The molecule has 2 aromatic rings. The molecule has 3 aliphatic rings. The lowest BCUT2D eigenvalue weighted by molar-refractivity contribution is 0.0736. The number of carbonyl (C=O) groups is 1. The van der Waals surface area contributed by atoms with Crippen LogP contribution in [0.3, 0.4) is 0 Å². The second-order valence-electron chi connectivity index (χ2n) is 7.48. The molecular weight excluding hydrogens is 358 g/mol. The Hall–Kier alpha value is -2.43. The Kier molecular flexibility index (Phi) is 4.10. The topological polar surface area (TPSA) is 72.3 Å². The zero-order valence-electron chi connectivity index (χ0n) is 15.0. The molecule has 1 aromatic heterocycles. The summed E-state index contributed by atoms with van der Waals surface area (Å²) in [6, 6.07) is 10.1. The minimum atomic E-state index is 0.0299. The number of hydrogen-bond acceptors (Lipinski definition) is 6. The lowest BCUT2D eigenvalue weighted by Crippen LogP contribution is -2.51. The van der Waals surface area contributed by atoms with Gasteiger partial charge in [0.15, 0.2) is 5.13 Å². The molecule has 6 nitrogen and oxygen atoms in total. The summed E-state index contributed by atoms with van der Waals surface area (Å²) in [6.07, 6.45) is 3.30. The molecule has 0 spiro atoms. The Morgan fingerprint density at radius 2 is 1.96 bits per heavy atom. The molecule has 2 atom stereocenters. The third-order valence-electron chi connectivity index (χ3n) is 5.87. The van der Waals surface area contributed by atoms with Gasteiger partial charge in [-0.1, -0.05) is 11.3 Å². The maximum Gasteiger partial charge on any atom is 0.254 e. The van der Waals surface area contributed by atoms with Crippen LogP contribution >= 0.6 is 11.3 Å². The van der Waals surface area contributed by atoms with Gasteiger partial charge in [0.25, 0.3) is 5.91 Å². The van der Waals surface area contributed by atoms with Crippen molar-refractivity contribution in [2.75, 3.05) is 24.5 Å². The van der Waals surface area contributed by atoms with E-state index in [2.05, 4.69) is 16.3 Å². The molecule has 4 heterocycles. The van der Waals surface area contributed by atoms with E-state index in [1.807, 2.05) is 4.90 Å². The SMILES string of the molecule is N#Cc1ccc(C(=O)N2CCc3nc(N4C5CCC4CNC5)sc3C2)cc1. The molecule has 27 heavy (non-hydrogen) atoms. The van der Waals surface area contributed by atoms with Gasteiger partial charge in [0.1, 0.15) is 0 Å². The van der Waals surface area contributed by atoms with Gasteiger partial charge in [-0.2, -0.15) is 5.26 Å². The summed E-state index contributed by atoms with van der Waals surface area (Å²) in [6.45, 7) is 3.42. The van der Waals surface area contributed by atoms with Crippen molar-refractivity contribution >= 4 is 22.4 Å². The van der Waals surface area contributed by atoms with E-state index in [0.29, 0.717) is 36.3 Å². The molecule has 2 unspecified atom stereocenters. The first-order valence-electron chi connectivity index (χ1n) is 9.50.